The van der Waals surface area contributed by atoms with Crippen molar-refractivity contribution in [2.75, 3.05) is 26.2 Å². The van der Waals surface area contributed by atoms with Gasteiger partial charge < -0.3 is 14.7 Å². The van der Waals surface area contributed by atoms with Gasteiger partial charge in [0.15, 0.2) is 0 Å². The van der Waals surface area contributed by atoms with E-state index in [9.17, 15) is 9.90 Å². The number of rotatable bonds is 5. The fraction of sp³-hybridized carbons (Fsp3) is 0.938. The minimum atomic E-state index is -0.471. The summed E-state index contributed by atoms with van der Waals surface area (Å²) < 4.78 is 5.52. The molecule has 0 aromatic heterocycles. The van der Waals surface area contributed by atoms with Crippen molar-refractivity contribution in [3.05, 3.63) is 0 Å². The molecule has 1 heterocycles. The molecular weight excluding hydrogens is 268 g/mol. The van der Waals surface area contributed by atoms with Gasteiger partial charge in [-0.1, -0.05) is 6.42 Å². The zero-order valence-electron chi connectivity index (χ0n) is 14.3. The minimum Gasteiger partial charge on any atom is -0.444 e. The van der Waals surface area contributed by atoms with Crippen molar-refractivity contribution in [3.63, 3.8) is 0 Å². The molecule has 1 N–H and O–H groups in total. The highest BCUT2D eigenvalue weighted by molar-refractivity contribution is 5.68. The number of hydrogen-bond acceptors (Lipinski definition) is 4. The molecule has 0 bridgehead atoms. The first-order chi connectivity index (χ1) is 9.74. The van der Waals surface area contributed by atoms with E-state index in [4.69, 9.17) is 4.74 Å². The number of ether oxygens (including phenoxy) is 1. The number of carbonyl (C=O) groups excluding carboxylic acids is 1. The smallest absolute Gasteiger partial charge is 0.410 e. The molecule has 21 heavy (non-hydrogen) atoms. The topological polar surface area (TPSA) is 53.0 Å². The lowest BCUT2D eigenvalue weighted by Gasteiger charge is -2.40. The third kappa shape index (κ3) is 6.22. The van der Waals surface area contributed by atoms with E-state index < -0.39 is 5.60 Å². The van der Waals surface area contributed by atoms with Crippen molar-refractivity contribution < 1.29 is 14.6 Å². The zero-order chi connectivity index (χ0) is 16.0. The highest BCUT2D eigenvalue weighted by atomic mass is 16.6. The maximum atomic E-state index is 12.4. The van der Waals surface area contributed by atoms with Crippen LogP contribution in [0, 0.1) is 0 Å². The second-order valence-corrected chi connectivity index (χ2v) is 7.14. The lowest BCUT2D eigenvalue weighted by Crippen LogP contribution is -2.51. The first-order valence-corrected chi connectivity index (χ1v) is 8.09. The molecule has 0 unspecified atom stereocenters. The first kappa shape index (κ1) is 18.2. The van der Waals surface area contributed by atoms with Crippen molar-refractivity contribution in [1.29, 1.82) is 0 Å². The molecule has 1 fully saturated rings. The van der Waals surface area contributed by atoms with Gasteiger partial charge in [0.2, 0.25) is 0 Å². The summed E-state index contributed by atoms with van der Waals surface area (Å²) in [6.45, 7) is 12.2. The molecule has 124 valence electrons. The second-order valence-electron chi connectivity index (χ2n) is 7.14. The van der Waals surface area contributed by atoms with Gasteiger partial charge in [0, 0.05) is 25.2 Å². The summed E-state index contributed by atoms with van der Waals surface area (Å²) >= 11 is 0. The van der Waals surface area contributed by atoms with Crippen LogP contribution < -0.4 is 0 Å². The number of amides is 1. The molecule has 1 aliphatic rings. The normalized spacial score (nSPS) is 20.6. The number of carbonyl (C=O) groups is 1. The van der Waals surface area contributed by atoms with Gasteiger partial charge in [-0.3, -0.25) is 4.90 Å². The van der Waals surface area contributed by atoms with Gasteiger partial charge in [-0.15, -0.1) is 0 Å². The molecule has 0 aromatic rings. The summed E-state index contributed by atoms with van der Waals surface area (Å²) in [6.07, 6.45) is 3.19. The molecule has 1 saturated heterocycles. The van der Waals surface area contributed by atoms with Crippen LogP contribution in [0.15, 0.2) is 0 Å². The van der Waals surface area contributed by atoms with E-state index >= 15 is 0 Å². The molecule has 1 atom stereocenters. The largest absolute Gasteiger partial charge is 0.444 e. The van der Waals surface area contributed by atoms with Crippen molar-refractivity contribution in [2.24, 2.45) is 0 Å². The van der Waals surface area contributed by atoms with Gasteiger partial charge in [-0.25, -0.2) is 4.79 Å². The molecule has 1 amide bonds. The zero-order valence-corrected chi connectivity index (χ0v) is 14.3. The molecular formula is C16H32N2O3. The summed E-state index contributed by atoms with van der Waals surface area (Å²) in [5, 5.41) is 9.19. The van der Waals surface area contributed by atoms with Crippen LogP contribution in [0.3, 0.4) is 0 Å². The van der Waals surface area contributed by atoms with Gasteiger partial charge >= 0.3 is 6.09 Å². The van der Waals surface area contributed by atoms with Crippen LogP contribution in [-0.4, -0.2) is 64.9 Å². The number of aliphatic hydroxyl groups is 1. The van der Waals surface area contributed by atoms with Crippen molar-refractivity contribution in [2.45, 2.75) is 71.6 Å². The Morgan fingerprint density at radius 3 is 2.57 bits per heavy atom. The fourth-order valence-corrected chi connectivity index (χ4v) is 2.73. The molecule has 0 radical (unpaired) electrons. The van der Waals surface area contributed by atoms with Crippen LogP contribution in [-0.2, 0) is 4.74 Å². The number of nitrogens with zero attached hydrogens (tertiary/aromatic N) is 2. The molecule has 0 aromatic carbocycles. The summed E-state index contributed by atoms with van der Waals surface area (Å²) in [6, 6.07) is 0.429. The quantitative estimate of drug-likeness (QED) is 0.847. The molecule has 5 nitrogen and oxygen atoms in total. The van der Waals surface area contributed by atoms with Crippen LogP contribution in [0.25, 0.3) is 0 Å². The lowest BCUT2D eigenvalue weighted by atomic mass is 10.0. The Bertz CT molecular complexity index is 324. The van der Waals surface area contributed by atoms with E-state index in [2.05, 4.69) is 4.90 Å². The SMILES string of the molecule is CC(C)N(C[C@H]1CCCCN1CCO)C(=O)OC(C)(C)C. The van der Waals surface area contributed by atoms with Crippen LogP contribution in [0.1, 0.15) is 53.9 Å². The van der Waals surface area contributed by atoms with Gasteiger partial charge in [-0.2, -0.15) is 0 Å². The Kier molecular flexibility index (Phi) is 6.94. The van der Waals surface area contributed by atoms with Crippen LogP contribution in [0.4, 0.5) is 4.79 Å². The van der Waals surface area contributed by atoms with E-state index in [0.717, 1.165) is 13.0 Å². The molecule has 1 rings (SSSR count). The third-order valence-electron chi connectivity index (χ3n) is 3.80. The summed E-state index contributed by atoms with van der Waals surface area (Å²) in [4.78, 5) is 16.5. The molecule has 0 saturated carbocycles. The van der Waals surface area contributed by atoms with Crippen molar-refractivity contribution in [3.8, 4) is 0 Å². The Morgan fingerprint density at radius 2 is 2.05 bits per heavy atom. The third-order valence-corrected chi connectivity index (χ3v) is 3.80. The van der Waals surface area contributed by atoms with Crippen LogP contribution in [0.5, 0.6) is 0 Å². The van der Waals surface area contributed by atoms with Crippen molar-refractivity contribution in [1.82, 2.24) is 9.80 Å². The van der Waals surface area contributed by atoms with E-state index in [1.807, 2.05) is 39.5 Å². The predicted molar refractivity (Wildman–Crippen MR) is 84.4 cm³/mol. The standard InChI is InChI=1S/C16H32N2O3/c1-13(2)18(15(20)21-16(3,4)5)12-14-8-6-7-9-17(14)10-11-19/h13-14,19H,6-12H2,1-5H3/t14-/m1/s1. The monoisotopic (exact) mass is 300 g/mol. The highest BCUT2D eigenvalue weighted by Crippen LogP contribution is 2.20. The summed E-state index contributed by atoms with van der Waals surface area (Å²) in [7, 11) is 0. The maximum Gasteiger partial charge on any atom is 0.410 e. The lowest BCUT2D eigenvalue weighted by molar-refractivity contribution is 0.00775. The second kappa shape index (κ2) is 7.99. The van der Waals surface area contributed by atoms with Gasteiger partial charge in [0.05, 0.1) is 6.61 Å². The Hall–Kier alpha value is -0.810. The highest BCUT2D eigenvalue weighted by Gasteiger charge is 2.30. The number of aliphatic hydroxyl groups excluding tert-OH is 1. The van der Waals surface area contributed by atoms with Crippen molar-refractivity contribution >= 4 is 6.09 Å². The number of hydrogen-bond donors (Lipinski definition) is 1. The van der Waals surface area contributed by atoms with Gasteiger partial charge in [0.25, 0.3) is 0 Å². The number of β-amino-alcohol motifs (C(OH)–C–C–N with tert-alkyl or cyclic N) is 1. The Balaban J connectivity index is 2.70. The Labute approximate surface area is 129 Å². The summed E-state index contributed by atoms with van der Waals surface area (Å²) in [5.74, 6) is 0. The van der Waals surface area contributed by atoms with Gasteiger partial charge in [0.1, 0.15) is 5.60 Å². The average Bonchev–Trinajstić information content (AvgIpc) is 2.35. The van der Waals surface area contributed by atoms with Crippen LogP contribution >= 0.6 is 0 Å². The fourth-order valence-electron chi connectivity index (χ4n) is 2.73. The molecule has 1 aliphatic heterocycles. The number of piperidine rings is 1. The van der Waals surface area contributed by atoms with E-state index in [0.29, 0.717) is 19.1 Å². The molecule has 0 spiro atoms. The molecule has 5 heteroatoms. The van der Waals surface area contributed by atoms with Gasteiger partial charge in [-0.05, 0) is 54.0 Å². The van der Waals surface area contributed by atoms with E-state index in [-0.39, 0.29) is 18.7 Å². The summed E-state index contributed by atoms with van der Waals surface area (Å²) in [5.41, 5.74) is -0.471. The first-order valence-electron chi connectivity index (χ1n) is 8.09. The predicted octanol–water partition coefficient (Wildman–Crippen LogP) is 2.48. The molecule has 0 aliphatic carbocycles. The minimum absolute atomic E-state index is 0.109. The average molecular weight is 300 g/mol. The Morgan fingerprint density at radius 1 is 1.38 bits per heavy atom. The maximum absolute atomic E-state index is 12.4. The van der Waals surface area contributed by atoms with E-state index in [1.54, 1.807) is 0 Å². The van der Waals surface area contributed by atoms with Crippen LogP contribution in [0.2, 0.25) is 0 Å². The number of likely N-dealkylation sites (tertiary alicyclic amines) is 1. The van der Waals surface area contributed by atoms with E-state index in [1.165, 1.54) is 12.8 Å².